The molecule has 0 spiro atoms. The van der Waals surface area contributed by atoms with E-state index in [4.69, 9.17) is 9.15 Å². The van der Waals surface area contributed by atoms with Crippen molar-refractivity contribution in [1.29, 1.82) is 0 Å². The quantitative estimate of drug-likeness (QED) is 0.0857. The number of Topliss-reactive ketones (excluding diaryl/α,β-unsaturated/α-hetero) is 2. The zero-order valence-electron chi connectivity index (χ0n) is 36.9. The number of rotatable bonds is 16. The summed E-state index contributed by atoms with van der Waals surface area (Å²) in [6.07, 6.45) is 17.2. The van der Waals surface area contributed by atoms with Crippen molar-refractivity contribution in [3.63, 3.8) is 0 Å². The molecule has 1 aliphatic heterocycles. The molecule has 4 saturated carbocycles. The lowest BCUT2D eigenvalue weighted by Gasteiger charge is -2.43. The third kappa shape index (κ3) is 11.2. The Morgan fingerprint density at radius 1 is 1.03 bits per heavy atom. The summed E-state index contributed by atoms with van der Waals surface area (Å²) in [4.78, 5) is 51.8. The maximum Gasteiger partial charge on any atom is 0.284 e. The van der Waals surface area contributed by atoms with Gasteiger partial charge in [0.25, 0.3) is 12.3 Å². The van der Waals surface area contributed by atoms with E-state index in [0.29, 0.717) is 38.1 Å². The molecule has 5 aliphatic rings. The first-order chi connectivity index (χ1) is 30.5. The number of nitrogens with zero attached hydrogens (tertiary/aromatic N) is 7. The van der Waals surface area contributed by atoms with Gasteiger partial charge in [0.05, 0.1) is 48.3 Å². The number of pyridine rings is 1. The Kier molecular flexibility index (Phi) is 14.3. The first kappa shape index (κ1) is 44.6. The number of anilines is 3. The average molecular weight is 869 g/mol. The van der Waals surface area contributed by atoms with Crippen LogP contribution in [0.25, 0.3) is 0 Å². The fourth-order valence-electron chi connectivity index (χ4n) is 9.83. The number of para-hydroxylation sites is 1. The van der Waals surface area contributed by atoms with E-state index < -0.39 is 18.0 Å². The number of carbonyl (C=O) groups is 3. The molecule has 338 valence electrons. The summed E-state index contributed by atoms with van der Waals surface area (Å²) >= 11 is 0. The zero-order chi connectivity index (χ0) is 44.0. The zero-order valence-corrected chi connectivity index (χ0v) is 36.9. The Hall–Kier alpha value is -5.02. The van der Waals surface area contributed by atoms with Crippen molar-refractivity contribution in [2.75, 3.05) is 49.0 Å². The van der Waals surface area contributed by atoms with Gasteiger partial charge >= 0.3 is 0 Å². The van der Waals surface area contributed by atoms with Crippen LogP contribution in [0.4, 0.5) is 25.8 Å². The van der Waals surface area contributed by atoms with Crippen molar-refractivity contribution in [2.45, 2.75) is 134 Å². The Balaban J connectivity index is 0.000000389. The van der Waals surface area contributed by atoms with Crippen LogP contribution in [0, 0.1) is 18.8 Å². The second kappa shape index (κ2) is 20.2. The van der Waals surface area contributed by atoms with Gasteiger partial charge in [-0.2, -0.15) is 5.10 Å². The van der Waals surface area contributed by atoms with Crippen LogP contribution in [-0.2, 0) is 27.2 Å². The monoisotopic (exact) mass is 868 g/mol. The van der Waals surface area contributed by atoms with Crippen molar-refractivity contribution in [3.05, 3.63) is 83.6 Å². The molecule has 4 fully saturated rings. The Bertz CT molecular complexity index is 2180. The highest BCUT2D eigenvalue weighted by Gasteiger charge is 2.38. The number of nitrogens with one attached hydrogen (secondary N) is 1. The first-order valence-electron chi connectivity index (χ1n) is 22.9. The van der Waals surface area contributed by atoms with Gasteiger partial charge in [0.15, 0.2) is 23.6 Å². The maximum absolute atomic E-state index is 13.8. The number of halogens is 2. The summed E-state index contributed by atoms with van der Waals surface area (Å²) < 4.78 is 40.2. The van der Waals surface area contributed by atoms with Crippen LogP contribution in [0.1, 0.15) is 129 Å². The minimum Gasteiger partial charge on any atom is -0.451 e. The molecule has 4 aromatic rings. The molecule has 63 heavy (non-hydrogen) atoms. The lowest BCUT2D eigenvalue weighted by molar-refractivity contribution is -0.130. The molecule has 1 amide bonds. The number of ether oxygens (including phenoxy) is 1. The van der Waals surface area contributed by atoms with Crippen molar-refractivity contribution in [1.82, 2.24) is 24.6 Å². The van der Waals surface area contributed by atoms with Crippen LogP contribution in [0.5, 0.6) is 0 Å². The predicted molar refractivity (Wildman–Crippen MR) is 236 cm³/mol. The summed E-state index contributed by atoms with van der Waals surface area (Å²) in [7, 11) is 4.26. The topological polar surface area (TPSA) is 139 Å². The third-order valence-electron chi connectivity index (χ3n) is 13.7. The number of ketones is 2. The smallest absolute Gasteiger partial charge is 0.284 e. The number of benzene rings is 1. The van der Waals surface area contributed by atoms with E-state index in [0.717, 1.165) is 82.2 Å². The number of aryl methyl sites for hydroxylation is 3. The predicted octanol–water partition coefficient (Wildman–Crippen LogP) is 8.54. The van der Waals surface area contributed by atoms with Crippen molar-refractivity contribution >= 4 is 34.5 Å². The molecule has 9 rings (SSSR count). The maximum atomic E-state index is 13.8. The van der Waals surface area contributed by atoms with E-state index in [-0.39, 0.29) is 47.6 Å². The number of fused-ring (bicyclic) bond motifs is 1. The molecule has 4 heterocycles. The van der Waals surface area contributed by atoms with Gasteiger partial charge in [-0.15, -0.1) is 0 Å². The lowest BCUT2D eigenvalue weighted by Crippen LogP contribution is -2.48. The summed E-state index contributed by atoms with van der Waals surface area (Å²) in [5, 5.41) is 6.67. The molecule has 13 nitrogen and oxygen atoms in total. The number of alkyl halides is 2. The molecule has 0 saturated heterocycles. The normalized spacial score (nSPS) is 23.4. The largest absolute Gasteiger partial charge is 0.451 e. The highest BCUT2D eigenvalue weighted by molar-refractivity contribution is 6.06. The molecular weight excluding hydrogens is 807 g/mol. The molecule has 1 aromatic carbocycles. The van der Waals surface area contributed by atoms with Crippen LogP contribution >= 0.6 is 0 Å². The second-order valence-electron chi connectivity index (χ2n) is 18.5. The fourth-order valence-corrected chi connectivity index (χ4v) is 9.83. The van der Waals surface area contributed by atoms with Gasteiger partial charge in [0.2, 0.25) is 0 Å². The van der Waals surface area contributed by atoms with Crippen LogP contribution in [-0.4, -0.2) is 94.2 Å². The molecule has 1 atom stereocenters. The third-order valence-corrected chi connectivity index (χ3v) is 13.7. The number of amides is 1. The number of oxazole rings is 1. The average Bonchev–Trinajstić information content (AvgIpc) is 3.56. The standard InChI is InChI=1S/C37H47F2N7O5.C11H15N/c1-43(18-23-8-10-25(11-9-23)46-19-29(34(42-46)36(38)39)41-37(49)30-20-50-21-40-30)26-15-28(16-26)51-14-4-6-24-5-3-7-32-35(24)44(2)22-45(32)31-13-12-27(47)17-33(31)48;1-9-6-7-12-11(8-9)5-4-10-2-3-10/h3,5,7,19-21,23,25-26,28,31,36H,4,6,8-18,22H2,1-2H3,(H,41,49);6-8,10H,2-5H2,1H3. The van der Waals surface area contributed by atoms with Gasteiger partial charge in [0.1, 0.15) is 12.0 Å². The Morgan fingerprint density at radius 2 is 1.83 bits per heavy atom. The molecule has 4 aliphatic carbocycles. The number of aromatic nitrogens is 4. The van der Waals surface area contributed by atoms with Crippen molar-refractivity contribution in [3.8, 4) is 0 Å². The van der Waals surface area contributed by atoms with Gasteiger partial charge in [0, 0.05) is 50.7 Å². The van der Waals surface area contributed by atoms with E-state index in [9.17, 15) is 23.2 Å². The molecule has 0 radical (unpaired) electrons. The molecule has 3 aromatic heterocycles. The molecule has 0 bridgehead atoms. The summed E-state index contributed by atoms with van der Waals surface area (Å²) in [5.74, 6) is 1.01. The van der Waals surface area contributed by atoms with E-state index in [1.54, 1.807) is 4.68 Å². The van der Waals surface area contributed by atoms with Gasteiger partial charge in [-0.25, -0.2) is 13.8 Å². The van der Waals surface area contributed by atoms with Gasteiger partial charge in [-0.1, -0.05) is 25.0 Å². The van der Waals surface area contributed by atoms with Crippen molar-refractivity contribution < 1.29 is 32.3 Å². The minimum atomic E-state index is -2.81. The van der Waals surface area contributed by atoms with E-state index in [1.807, 2.05) is 6.20 Å². The Morgan fingerprint density at radius 3 is 2.54 bits per heavy atom. The molecular formula is C48H62F2N8O5. The Labute approximate surface area is 368 Å². The van der Waals surface area contributed by atoms with Gasteiger partial charge in [-0.3, -0.25) is 24.0 Å². The first-order valence-corrected chi connectivity index (χ1v) is 22.9. The molecule has 15 heteroatoms. The van der Waals surface area contributed by atoms with E-state index >= 15 is 0 Å². The summed E-state index contributed by atoms with van der Waals surface area (Å²) in [6, 6.07) is 10.9. The molecule has 1 unspecified atom stereocenters. The van der Waals surface area contributed by atoms with E-state index in [1.165, 1.54) is 54.4 Å². The van der Waals surface area contributed by atoms with E-state index in [2.05, 4.69) is 86.4 Å². The van der Waals surface area contributed by atoms with Gasteiger partial charge < -0.3 is 29.2 Å². The SMILES string of the molecule is CN1CN(C2CCC(=O)CC2=O)c2cccc(CCCOC3CC(N(C)CC4CCC(n5cc(NC(=O)c6cocn6)c(C(F)F)n5)CC4)C3)c21.Cc1ccnc(CCC2CC2)c1. The van der Waals surface area contributed by atoms with Crippen molar-refractivity contribution in [2.24, 2.45) is 11.8 Å². The highest BCUT2D eigenvalue weighted by Crippen LogP contribution is 2.42. The van der Waals surface area contributed by atoms with Crippen LogP contribution in [0.15, 0.2) is 59.8 Å². The summed E-state index contributed by atoms with van der Waals surface area (Å²) in [5.41, 5.74) is 5.70. The number of hydrogen-bond donors (Lipinski definition) is 1. The molecule has 1 N–H and O–H groups in total. The minimum absolute atomic E-state index is 0.00166. The van der Waals surface area contributed by atoms with Gasteiger partial charge in [-0.05, 0) is 126 Å². The van der Waals surface area contributed by atoms with Crippen LogP contribution in [0.3, 0.4) is 0 Å². The number of carbonyl (C=O) groups excluding carboxylic acids is 3. The highest BCUT2D eigenvalue weighted by atomic mass is 19.3. The number of hydrogen-bond acceptors (Lipinski definition) is 11. The van der Waals surface area contributed by atoms with Crippen LogP contribution < -0.4 is 15.1 Å². The lowest BCUT2D eigenvalue weighted by atomic mass is 9.83. The fraction of sp³-hybridized carbons (Fsp3) is 0.583. The second-order valence-corrected chi connectivity index (χ2v) is 18.5. The van der Waals surface area contributed by atoms with Crippen LogP contribution in [0.2, 0.25) is 0 Å². The summed E-state index contributed by atoms with van der Waals surface area (Å²) in [6.45, 7) is 4.49.